The third-order valence-electron chi connectivity index (χ3n) is 3.32. The van der Waals surface area contributed by atoms with Crippen molar-refractivity contribution < 1.29 is 0 Å². The number of hydrogen-bond acceptors (Lipinski definition) is 1. The van der Waals surface area contributed by atoms with E-state index in [0.717, 1.165) is 6.54 Å². The number of aryl methyl sites for hydroxylation is 1. The lowest BCUT2D eigenvalue weighted by molar-refractivity contribution is 0.337. The van der Waals surface area contributed by atoms with Crippen LogP contribution in [0.5, 0.6) is 0 Å². The Labute approximate surface area is 92.4 Å². The van der Waals surface area contributed by atoms with E-state index in [1.165, 1.54) is 28.8 Å². The fourth-order valence-corrected chi connectivity index (χ4v) is 2.55. The van der Waals surface area contributed by atoms with Gasteiger partial charge in [-0.25, -0.2) is 0 Å². The van der Waals surface area contributed by atoms with Crippen molar-refractivity contribution in [1.29, 1.82) is 0 Å². The summed E-state index contributed by atoms with van der Waals surface area (Å²) in [6.07, 6.45) is 1.18. The summed E-state index contributed by atoms with van der Waals surface area (Å²) in [5.41, 5.74) is 5.37. The molecular weight excluding hydrogens is 182 g/mol. The molecule has 0 bridgehead atoms. The first kappa shape index (κ1) is 10.3. The highest BCUT2D eigenvalue weighted by Crippen LogP contribution is 2.41. The van der Waals surface area contributed by atoms with Crippen LogP contribution in [0, 0.1) is 6.92 Å². The zero-order valence-corrected chi connectivity index (χ0v) is 9.88. The molecule has 1 heteroatoms. The summed E-state index contributed by atoms with van der Waals surface area (Å²) >= 11 is 0. The molecule has 1 unspecified atom stereocenters. The van der Waals surface area contributed by atoms with Crippen LogP contribution in [-0.2, 0) is 0 Å². The smallest absolute Gasteiger partial charge is 0.0521 e. The van der Waals surface area contributed by atoms with Crippen molar-refractivity contribution in [2.45, 2.75) is 33.2 Å². The van der Waals surface area contributed by atoms with Gasteiger partial charge in [-0.3, -0.25) is 0 Å². The van der Waals surface area contributed by atoms with Crippen LogP contribution in [-0.4, -0.2) is 11.4 Å². The molecule has 0 spiro atoms. The maximum Gasteiger partial charge on any atom is 0.0521 e. The zero-order valence-electron chi connectivity index (χ0n) is 9.88. The van der Waals surface area contributed by atoms with Gasteiger partial charge in [-0.15, -0.1) is 0 Å². The number of fused-ring (bicyclic) bond motifs is 1. The maximum absolute atomic E-state index is 4.23. The number of rotatable bonds is 2. The predicted molar refractivity (Wildman–Crippen MR) is 65.6 cm³/mol. The molecule has 1 heterocycles. The van der Waals surface area contributed by atoms with Crippen molar-refractivity contribution in [2.24, 2.45) is 0 Å². The van der Waals surface area contributed by atoms with Gasteiger partial charge in [-0.05, 0) is 31.4 Å². The van der Waals surface area contributed by atoms with Gasteiger partial charge >= 0.3 is 0 Å². The second-order valence-corrected chi connectivity index (χ2v) is 4.36. The van der Waals surface area contributed by atoms with Crippen LogP contribution in [0.2, 0.25) is 0 Å². The Balaban J connectivity index is 2.46. The summed E-state index contributed by atoms with van der Waals surface area (Å²) in [5, 5.41) is 0. The largest absolute Gasteiger partial charge is 0.365 e. The molecule has 1 nitrogen and oxygen atoms in total. The summed E-state index contributed by atoms with van der Waals surface area (Å²) in [4.78, 5) is 2.41. The fourth-order valence-electron chi connectivity index (χ4n) is 2.55. The minimum Gasteiger partial charge on any atom is -0.365 e. The molecule has 80 valence electrons. The normalized spacial score (nSPS) is 19.5. The van der Waals surface area contributed by atoms with Gasteiger partial charge < -0.3 is 4.90 Å². The Morgan fingerprint density at radius 1 is 1.40 bits per heavy atom. The Bertz CT molecular complexity index is 392. The van der Waals surface area contributed by atoms with Crippen molar-refractivity contribution in [1.82, 2.24) is 4.90 Å². The lowest BCUT2D eigenvalue weighted by Gasteiger charge is -2.24. The van der Waals surface area contributed by atoms with E-state index in [0.29, 0.717) is 6.04 Å². The number of benzene rings is 1. The van der Waals surface area contributed by atoms with E-state index in [-0.39, 0.29) is 0 Å². The van der Waals surface area contributed by atoms with Crippen LogP contribution in [0.3, 0.4) is 0 Å². The van der Waals surface area contributed by atoms with Crippen molar-refractivity contribution in [2.75, 3.05) is 6.54 Å². The molecule has 0 saturated heterocycles. The molecule has 0 saturated carbocycles. The summed E-state index contributed by atoms with van der Waals surface area (Å²) in [7, 11) is 0. The molecule has 1 aromatic rings. The van der Waals surface area contributed by atoms with E-state index < -0.39 is 0 Å². The highest BCUT2D eigenvalue weighted by molar-refractivity contribution is 5.72. The van der Waals surface area contributed by atoms with Gasteiger partial charge in [0, 0.05) is 17.8 Å². The molecule has 0 aliphatic carbocycles. The fraction of sp³-hybridized carbons (Fsp3) is 0.429. The van der Waals surface area contributed by atoms with Crippen LogP contribution < -0.4 is 0 Å². The number of hydrogen-bond donors (Lipinski definition) is 0. The van der Waals surface area contributed by atoms with E-state index in [1.54, 1.807) is 0 Å². The van der Waals surface area contributed by atoms with Gasteiger partial charge in [0.2, 0.25) is 0 Å². The summed E-state index contributed by atoms with van der Waals surface area (Å²) < 4.78 is 0. The summed E-state index contributed by atoms with van der Waals surface area (Å²) in [6.45, 7) is 12.0. The van der Waals surface area contributed by atoms with E-state index in [2.05, 4.69) is 50.4 Å². The first-order chi connectivity index (χ1) is 7.16. The first-order valence-corrected chi connectivity index (χ1v) is 5.72. The van der Waals surface area contributed by atoms with Gasteiger partial charge in [-0.1, -0.05) is 31.7 Å². The Kier molecular flexibility index (Phi) is 2.56. The van der Waals surface area contributed by atoms with Gasteiger partial charge in [0.25, 0.3) is 0 Å². The molecule has 1 aliphatic heterocycles. The Hall–Kier alpha value is -1.24. The Morgan fingerprint density at radius 2 is 2.13 bits per heavy atom. The molecule has 1 aromatic carbocycles. The molecule has 15 heavy (non-hydrogen) atoms. The van der Waals surface area contributed by atoms with E-state index >= 15 is 0 Å². The molecule has 1 aliphatic rings. The lowest BCUT2D eigenvalue weighted by Crippen LogP contribution is -2.19. The number of nitrogens with zero attached hydrogens (tertiary/aromatic N) is 1. The molecule has 0 amide bonds. The average Bonchev–Trinajstić information content (AvgIpc) is 2.45. The summed E-state index contributed by atoms with van der Waals surface area (Å²) in [5.74, 6) is 0. The zero-order chi connectivity index (χ0) is 11.0. The van der Waals surface area contributed by atoms with Crippen molar-refractivity contribution in [3.05, 3.63) is 41.5 Å². The maximum atomic E-state index is 4.23. The SMILES string of the molecule is C=C1c2c(C)cccc2C(C)N1CCC. The van der Waals surface area contributed by atoms with E-state index in [9.17, 15) is 0 Å². The quantitative estimate of drug-likeness (QED) is 0.704. The molecule has 0 radical (unpaired) electrons. The first-order valence-electron chi connectivity index (χ1n) is 5.72. The van der Waals surface area contributed by atoms with Crippen molar-refractivity contribution in [3.63, 3.8) is 0 Å². The topological polar surface area (TPSA) is 3.24 Å². The van der Waals surface area contributed by atoms with Gasteiger partial charge in [-0.2, -0.15) is 0 Å². The monoisotopic (exact) mass is 201 g/mol. The molecule has 0 aromatic heterocycles. The average molecular weight is 201 g/mol. The summed E-state index contributed by atoms with van der Waals surface area (Å²) in [6, 6.07) is 7.04. The van der Waals surface area contributed by atoms with Crippen LogP contribution in [0.1, 0.15) is 43.0 Å². The second-order valence-electron chi connectivity index (χ2n) is 4.36. The lowest BCUT2D eigenvalue weighted by atomic mass is 10.0. The minimum absolute atomic E-state index is 0.493. The van der Waals surface area contributed by atoms with Crippen LogP contribution in [0.15, 0.2) is 24.8 Å². The van der Waals surface area contributed by atoms with Crippen LogP contribution in [0.4, 0.5) is 0 Å². The second kappa shape index (κ2) is 3.73. The van der Waals surface area contributed by atoms with Crippen LogP contribution in [0.25, 0.3) is 5.70 Å². The third kappa shape index (κ3) is 1.46. The molecule has 1 atom stereocenters. The standard InChI is InChI=1S/C14H19N/c1-5-9-15-11(3)13-8-6-7-10(2)14(13)12(15)4/h6-8,11H,4-5,9H2,1-3H3. The highest BCUT2D eigenvalue weighted by Gasteiger charge is 2.29. The Morgan fingerprint density at radius 3 is 2.73 bits per heavy atom. The van der Waals surface area contributed by atoms with Crippen molar-refractivity contribution >= 4 is 5.70 Å². The third-order valence-corrected chi connectivity index (χ3v) is 3.32. The minimum atomic E-state index is 0.493. The van der Waals surface area contributed by atoms with Gasteiger partial charge in [0.15, 0.2) is 0 Å². The van der Waals surface area contributed by atoms with Crippen LogP contribution >= 0.6 is 0 Å². The van der Waals surface area contributed by atoms with E-state index in [1.807, 2.05) is 0 Å². The van der Waals surface area contributed by atoms with Gasteiger partial charge in [0.05, 0.1) is 6.04 Å². The molecule has 0 N–H and O–H groups in total. The van der Waals surface area contributed by atoms with E-state index in [4.69, 9.17) is 0 Å². The van der Waals surface area contributed by atoms with Crippen molar-refractivity contribution in [3.8, 4) is 0 Å². The predicted octanol–water partition coefficient (Wildman–Crippen LogP) is 3.75. The van der Waals surface area contributed by atoms with Gasteiger partial charge in [0.1, 0.15) is 0 Å². The molecule has 2 rings (SSSR count). The molecular formula is C14H19N. The highest BCUT2D eigenvalue weighted by atomic mass is 15.2. The molecule has 0 fully saturated rings.